The van der Waals surface area contributed by atoms with Gasteiger partial charge in [-0.2, -0.15) is 0 Å². The molecule has 0 atom stereocenters. The zero-order valence-electron chi connectivity index (χ0n) is 10.9. The van der Waals surface area contributed by atoms with E-state index in [4.69, 9.17) is 9.05 Å². The summed E-state index contributed by atoms with van der Waals surface area (Å²) in [5.74, 6) is 0.619. The molecule has 0 bridgehead atoms. The van der Waals surface area contributed by atoms with Crippen molar-refractivity contribution >= 4 is 18.9 Å². The summed E-state index contributed by atoms with van der Waals surface area (Å²) < 4.78 is 22.9. The number of thiazole rings is 1. The zero-order chi connectivity index (χ0) is 13.0. The summed E-state index contributed by atoms with van der Waals surface area (Å²) >= 11 is 1.56. The average Bonchev–Trinajstić information content (AvgIpc) is 2.63. The predicted octanol–water partition coefficient (Wildman–Crippen LogP) is 4.18. The third kappa shape index (κ3) is 3.41. The second kappa shape index (κ2) is 6.29. The fourth-order valence-electron chi connectivity index (χ4n) is 1.98. The standard InChI is InChI=1S/C12H20NO3PS/c1-3-15-17(14,16-4-2)8-12-13-11(9-18-12)10-6-5-7-10/h9-10H,3-8H2,1-2H3. The van der Waals surface area contributed by atoms with Gasteiger partial charge in [-0.05, 0) is 26.7 Å². The van der Waals surface area contributed by atoms with Crippen molar-refractivity contribution in [2.45, 2.75) is 45.2 Å². The van der Waals surface area contributed by atoms with Crippen LogP contribution in [0.25, 0.3) is 0 Å². The highest BCUT2D eigenvalue weighted by Crippen LogP contribution is 2.52. The van der Waals surface area contributed by atoms with Crippen molar-refractivity contribution < 1.29 is 13.6 Å². The van der Waals surface area contributed by atoms with Crippen molar-refractivity contribution in [2.24, 2.45) is 0 Å². The van der Waals surface area contributed by atoms with Crippen molar-refractivity contribution in [1.82, 2.24) is 4.98 Å². The van der Waals surface area contributed by atoms with E-state index in [2.05, 4.69) is 10.4 Å². The third-order valence-electron chi connectivity index (χ3n) is 3.07. The van der Waals surface area contributed by atoms with Gasteiger partial charge >= 0.3 is 7.60 Å². The summed E-state index contributed by atoms with van der Waals surface area (Å²) in [7, 11) is -3.00. The zero-order valence-corrected chi connectivity index (χ0v) is 12.6. The van der Waals surface area contributed by atoms with Crippen LogP contribution in [0, 0.1) is 0 Å². The second-order valence-electron chi connectivity index (χ2n) is 4.40. The molecule has 1 aromatic rings. The predicted molar refractivity (Wildman–Crippen MR) is 73.3 cm³/mol. The highest BCUT2D eigenvalue weighted by molar-refractivity contribution is 7.53. The Hall–Kier alpha value is -0.220. The van der Waals surface area contributed by atoms with Gasteiger partial charge < -0.3 is 9.05 Å². The number of rotatable bonds is 7. The van der Waals surface area contributed by atoms with Gasteiger partial charge in [0.1, 0.15) is 11.2 Å². The molecule has 0 N–H and O–H groups in total. The van der Waals surface area contributed by atoms with Gasteiger partial charge in [0, 0.05) is 11.3 Å². The van der Waals surface area contributed by atoms with Crippen LogP contribution >= 0.6 is 18.9 Å². The lowest BCUT2D eigenvalue weighted by molar-refractivity contribution is 0.219. The van der Waals surface area contributed by atoms with Crippen molar-refractivity contribution in [1.29, 1.82) is 0 Å². The van der Waals surface area contributed by atoms with E-state index in [0.29, 0.717) is 25.3 Å². The molecule has 2 rings (SSSR count). The lowest BCUT2D eigenvalue weighted by Gasteiger charge is -2.23. The minimum absolute atomic E-state index is 0.298. The number of hydrogen-bond acceptors (Lipinski definition) is 5. The monoisotopic (exact) mass is 289 g/mol. The summed E-state index contributed by atoms with van der Waals surface area (Å²) in [4.78, 5) is 4.57. The van der Waals surface area contributed by atoms with Gasteiger partial charge in [0.2, 0.25) is 0 Å². The molecular formula is C12H20NO3PS. The molecule has 1 saturated carbocycles. The summed E-state index contributed by atoms with van der Waals surface area (Å²) in [5.41, 5.74) is 1.15. The number of aromatic nitrogens is 1. The van der Waals surface area contributed by atoms with Gasteiger partial charge in [-0.3, -0.25) is 4.57 Å². The van der Waals surface area contributed by atoms with E-state index in [1.165, 1.54) is 19.3 Å². The largest absolute Gasteiger partial charge is 0.337 e. The molecule has 1 aliphatic rings. The Balaban J connectivity index is 2.01. The van der Waals surface area contributed by atoms with Gasteiger partial charge in [0.25, 0.3) is 0 Å². The molecule has 0 spiro atoms. The fraction of sp³-hybridized carbons (Fsp3) is 0.750. The molecule has 0 aromatic carbocycles. The van der Waals surface area contributed by atoms with E-state index in [9.17, 15) is 4.57 Å². The molecule has 0 unspecified atom stereocenters. The Morgan fingerprint density at radius 3 is 2.56 bits per heavy atom. The second-order valence-corrected chi connectivity index (χ2v) is 7.40. The van der Waals surface area contributed by atoms with Crippen molar-refractivity contribution in [3.05, 3.63) is 16.1 Å². The van der Waals surface area contributed by atoms with Gasteiger partial charge in [-0.25, -0.2) is 4.98 Å². The first-order chi connectivity index (χ1) is 8.67. The Bertz CT molecular complexity index is 421. The van der Waals surface area contributed by atoms with E-state index < -0.39 is 7.60 Å². The summed E-state index contributed by atoms with van der Waals surface area (Å²) in [6.07, 6.45) is 4.06. The first kappa shape index (κ1) is 14.2. The third-order valence-corrected chi connectivity index (χ3v) is 6.14. The molecule has 18 heavy (non-hydrogen) atoms. The lowest BCUT2D eigenvalue weighted by Crippen LogP contribution is -2.09. The van der Waals surface area contributed by atoms with Crippen molar-refractivity contribution in [3.63, 3.8) is 0 Å². The Labute approximate surface area is 112 Å². The molecule has 1 aliphatic carbocycles. The minimum atomic E-state index is -3.00. The summed E-state index contributed by atoms with van der Waals surface area (Å²) in [6.45, 7) is 4.46. The molecule has 4 nitrogen and oxygen atoms in total. The molecule has 0 amide bonds. The molecule has 0 radical (unpaired) electrons. The van der Waals surface area contributed by atoms with Crippen LogP contribution in [-0.2, 0) is 19.8 Å². The normalized spacial score (nSPS) is 16.8. The minimum Gasteiger partial charge on any atom is -0.309 e. The molecule has 1 fully saturated rings. The SMILES string of the molecule is CCOP(=O)(Cc1nc(C2CCC2)cs1)OCC. The molecule has 1 heterocycles. The van der Waals surface area contributed by atoms with Crippen molar-refractivity contribution in [3.8, 4) is 0 Å². The Morgan fingerprint density at radius 1 is 1.39 bits per heavy atom. The number of nitrogens with zero attached hydrogens (tertiary/aromatic N) is 1. The Kier molecular flexibility index (Phi) is 4.96. The smallest absolute Gasteiger partial charge is 0.309 e. The summed E-state index contributed by atoms with van der Waals surface area (Å²) in [6, 6.07) is 0. The first-order valence-corrected chi connectivity index (χ1v) is 9.10. The number of hydrogen-bond donors (Lipinski definition) is 0. The lowest BCUT2D eigenvalue weighted by atomic mass is 9.83. The van der Waals surface area contributed by atoms with Crippen LogP contribution in [0.4, 0.5) is 0 Å². The highest BCUT2D eigenvalue weighted by Gasteiger charge is 2.27. The first-order valence-electron chi connectivity index (χ1n) is 6.49. The van der Waals surface area contributed by atoms with Gasteiger partial charge in [-0.15, -0.1) is 11.3 Å². The van der Waals surface area contributed by atoms with Crippen LogP contribution < -0.4 is 0 Å². The highest BCUT2D eigenvalue weighted by atomic mass is 32.1. The molecule has 102 valence electrons. The van der Waals surface area contributed by atoms with E-state index in [0.717, 1.165) is 10.7 Å². The maximum absolute atomic E-state index is 12.4. The molecule has 0 aliphatic heterocycles. The van der Waals surface area contributed by atoms with Crippen LogP contribution in [-0.4, -0.2) is 18.2 Å². The van der Waals surface area contributed by atoms with Crippen LogP contribution in [0.3, 0.4) is 0 Å². The van der Waals surface area contributed by atoms with E-state index in [-0.39, 0.29) is 0 Å². The molecular weight excluding hydrogens is 269 g/mol. The molecule has 1 aromatic heterocycles. The fourth-order valence-corrected chi connectivity index (χ4v) is 4.86. The average molecular weight is 289 g/mol. The summed E-state index contributed by atoms with van der Waals surface area (Å²) in [5, 5.41) is 2.95. The molecule has 6 heteroatoms. The van der Waals surface area contributed by atoms with Crippen LogP contribution in [0.15, 0.2) is 5.38 Å². The van der Waals surface area contributed by atoms with Crippen molar-refractivity contribution in [2.75, 3.05) is 13.2 Å². The maximum atomic E-state index is 12.4. The quantitative estimate of drug-likeness (QED) is 0.707. The van der Waals surface area contributed by atoms with Crippen LogP contribution in [0.1, 0.15) is 49.7 Å². The van der Waals surface area contributed by atoms with E-state index >= 15 is 0 Å². The molecule has 0 saturated heterocycles. The van der Waals surface area contributed by atoms with Crippen LogP contribution in [0.5, 0.6) is 0 Å². The van der Waals surface area contributed by atoms with Gasteiger partial charge in [0.15, 0.2) is 0 Å². The van der Waals surface area contributed by atoms with Gasteiger partial charge in [-0.1, -0.05) is 6.42 Å². The van der Waals surface area contributed by atoms with Gasteiger partial charge in [0.05, 0.1) is 18.9 Å². The topological polar surface area (TPSA) is 48.4 Å². The maximum Gasteiger partial charge on any atom is 0.337 e. The van der Waals surface area contributed by atoms with E-state index in [1.807, 2.05) is 13.8 Å². The van der Waals surface area contributed by atoms with E-state index in [1.54, 1.807) is 11.3 Å². The van der Waals surface area contributed by atoms with Crippen LogP contribution in [0.2, 0.25) is 0 Å². The Morgan fingerprint density at radius 2 is 2.06 bits per heavy atom.